The second-order valence-electron chi connectivity index (χ2n) is 5.50. The monoisotopic (exact) mass is 246 g/mol. The molecule has 1 aliphatic carbocycles. The second kappa shape index (κ2) is 5.53. The maximum atomic E-state index is 12.2. The lowest BCUT2D eigenvalue weighted by atomic mass is 10.0. The van der Waals surface area contributed by atoms with Crippen LogP contribution in [0.2, 0.25) is 0 Å². The molecule has 1 aromatic rings. The molecule has 0 saturated heterocycles. The predicted molar refractivity (Wildman–Crippen MR) is 73.2 cm³/mol. The summed E-state index contributed by atoms with van der Waals surface area (Å²) in [5, 5.41) is 3.07. The Labute approximate surface area is 109 Å². The molecule has 0 aromatic heterocycles. The normalized spacial score (nSPS) is 18.2. The highest BCUT2D eigenvalue weighted by atomic mass is 16.1. The van der Waals surface area contributed by atoms with E-state index in [4.69, 9.17) is 5.73 Å². The maximum Gasteiger partial charge on any atom is 0.223 e. The predicted octanol–water partition coefficient (Wildman–Crippen LogP) is 1.64. The molecule has 18 heavy (non-hydrogen) atoms. The van der Waals surface area contributed by atoms with Crippen LogP contribution < -0.4 is 11.1 Å². The van der Waals surface area contributed by atoms with Crippen LogP contribution >= 0.6 is 0 Å². The quantitative estimate of drug-likeness (QED) is 0.848. The van der Waals surface area contributed by atoms with Gasteiger partial charge in [-0.05, 0) is 44.2 Å². The summed E-state index contributed by atoms with van der Waals surface area (Å²) in [7, 11) is 0. The molecular weight excluding hydrogens is 224 g/mol. The van der Waals surface area contributed by atoms with Gasteiger partial charge in [-0.3, -0.25) is 4.79 Å². The highest BCUT2D eigenvalue weighted by molar-refractivity contribution is 5.80. The van der Waals surface area contributed by atoms with E-state index in [9.17, 15) is 4.79 Å². The lowest BCUT2D eigenvalue weighted by molar-refractivity contribution is -0.125. The summed E-state index contributed by atoms with van der Waals surface area (Å²) in [6, 6.07) is 8.60. The molecule has 0 heterocycles. The lowest BCUT2D eigenvalue weighted by Crippen LogP contribution is -2.40. The minimum absolute atomic E-state index is 0.0953. The zero-order valence-corrected chi connectivity index (χ0v) is 11.1. The van der Waals surface area contributed by atoms with Crippen molar-refractivity contribution >= 4 is 5.91 Å². The molecule has 3 N–H and O–H groups in total. The molecular formula is C15H22N2O. The van der Waals surface area contributed by atoms with Crippen molar-refractivity contribution in [2.45, 2.75) is 45.2 Å². The largest absolute Gasteiger partial charge is 0.353 e. The van der Waals surface area contributed by atoms with E-state index in [1.807, 2.05) is 26.0 Å². The number of hydrogen-bond acceptors (Lipinski definition) is 2. The van der Waals surface area contributed by atoms with E-state index in [1.165, 1.54) is 11.1 Å². The Morgan fingerprint density at radius 1 is 1.33 bits per heavy atom. The average molecular weight is 246 g/mol. The highest BCUT2D eigenvalue weighted by Crippen LogP contribution is 2.26. The smallest absolute Gasteiger partial charge is 0.223 e. The number of rotatable bonds is 4. The van der Waals surface area contributed by atoms with Crippen molar-refractivity contribution in [3.8, 4) is 0 Å². The van der Waals surface area contributed by atoms with Gasteiger partial charge in [-0.15, -0.1) is 0 Å². The molecule has 0 aliphatic heterocycles. The number of benzene rings is 1. The standard InChI is InChI=1S/C15H22N2O/c1-10(16)7-11(2)17-15(18)14-8-12-5-3-4-6-13(12)9-14/h3-6,10-11,14H,7-9,16H2,1-2H3,(H,17,18). The number of nitrogens with two attached hydrogens (primary N) is 1. The molecule has 0 radical (unpaired) electrons. The van der Waals surface area contributed by atoms with Crippen LogP contribution in [0.4, 0.5) is 0 Å². The molecule has 98 valence electrons. The summed E-state index contributed by atoms with van der Waals surface area (Å²) in [6.45, 7) is 3.98. The Bertz CT molecular complexity index is 403. The van der Waals surface area contributed by atoms with Crippen LogP contribution in [0.1, 0.15) is 31.4 Å². The van der Waals surface area contributed by atoms with Gasteiger partial charge in [0.05, 0.1) is 0 Å². The van der Waals surface area contributed by atoms with Crippen molar-refractivity contribution in [3.05, 3.63) is 35.4 Å². The SMILES string of the molecule is CC(N)CC(C)NC(=O)C1Cc2ccccc2C1. The van der Waals surface area contributed by atoms with Crippen LogP contribution in [0, 0.1) is 5.92 Å². The third kappa shape index (κ3) is 3.10. The summed E-state index contributed by atoms with van der Waals surface area (Å²) in [5.74, 6) is 0.261. The Balaban J connectivity index is 1.89. The Morgan fingerprint density at radius 3 is 2.39 bits per heavy atom. The van der Waals surface area contributed by atoms with Gasteiger partial charge >= 0.3 is 0 Å². The van der Waals surface area contributed by atoms with Crippen LogP contribution in [-0.4, -0.2) is 18.0 Å². The summed E-state index contributed by atoms with van der Waals surface area (Å²) in [6.07, 6.45) is 2.56. The van der Waals surface area contributed by atoms with Gasteiger partial charge in [0.2, 0.25) is 5.91 Å². The third-order valence-corrected chi connectivity index (χ3v) is 3.54. The van der Waals surface area contributed by atoms with Crippen molar-refractivity contribution in [3.63, 3.8) is 0 Å². The molecule has 1 amide bonds. The fourth-order valence-corrected chi connectivity index (χ4v) is 2.72. The molecule has 0 saturated carbocycles. The second-order valence-corrected chi connectivity index (χ2v) is 5.50. The fourth-order valence-electron chi connectivity index (χ4n) is 2.72. The molecule has 2 atom stereocenters. The topological polar surface area (TPSA) is 55.1 Å². The Kier molecular flexibility index (Phi) is 4.02. The number of nitrogens with one attached hydrogen (secondary N) is 1. The van der Waals surface area contributed by atoms with E-state index in [-0.39, 0.29) is 23.9 Å². The molecule has 1 aliphatic rings. The van der Waals surface area contributed by atoms with Gasteiger partial charge in [0.25, 0.3) is 0 Å². The van der Waals surface area contributed by atoms with Crippen LogP contribution in [0.3, 0.4) is 0 Å². The van der Waals surface area contributed by atoms with E-state index in [1.54, 1.807) is 0 Å². The summed E-state index contributed by atoms with van der Waals surface area (Å²) >= 11 is 0. The summed E-state index contributed by atoms with van der Waals surface area (Å²) in [4.78, 5) is 12.2. The molecule has 3 nitrogen and oxygen atoms in total. The van der Waals surface area contributed by atoms with Gasteiger partial charge in [0.1, 0.15) is 0 Å². The number of carbonyl (C=O) groups is 1. The first kappa shape index (κ1) is 13.1. The van der Waals surface area contributed by atoms with E-state index in [0.717, 1.165) is 19.3 Å². The minimum Gasteiger partial charge on any atom is -0.353 e. The first-order valence-corrected chi connectivity index (χ1v) is 6.69. The van der Waals surface area contributed by atoms with Gasteiger partial charge in [-0.25, -0.2) is 0 Å². The first-order valence-electron chi connectivity index (χ1n) is 6.69. The van der Waals surface area contributed by atoms with Crippen molar-refractivity contribution in [1.29, 1.82) is 0 Å². The van der Waals surface area contributed by atoms with Crippen LogP contribution in [-0.2, 0) is 17.6 Å². The van der Waals surface area contributed by atoms with Crippen LogP contribution in [0.15, 0.2) is 24.3 Å². The maximum absolute atomic E-state index is 12.2. The van der Waals surface area contributed by atoms with E-state index >= 15 is 0 Å². The molecule has 2 unspecified atom stereocenters. The Hall–Kier alpha value is -1.35. The number of hydrogen-bond donors (Lipinski definition) is 2. The van der Waals surface area contributed by atoms with Gasteiger partial charge in [0, 0.05) is 18.0 Å². The lowest BCUT2D eigenvalue weighted by Gasteiger charge is -2.18. The van der Waals surface area contributed by atoms with E-state index in [0.29, 0.717) is 0 Å². The molecule has 0 bridgehead atoms. The molecule has 2 rings (SSSR count). The summed E-state index contributed by atoms with van der Waals surface area (Å²) < 4.78 is 0. The van der Waals surface area contributed by atoms with Crippen LogP contribution in [0.5, 0.6) is 0 Å². The van der Waals surface area contributed by atoms with Gasteiger partial charge in [0.15, 0.2) is 0 Å². The number of fused-ring (bicyclic) bond motifs is 1. The zero-order valence-electron chi connectivity index (χ0n) is 11.1. The van der Waals surface area contributed by atoms with Gasteiger partial charge in [-0.1, -0.05) is 24.3 Å². The summed E-state index contributed by atoms with van der Waals surface area (Å²) in [5.41, 5.74) is 8.37. The molecule has 1 aromatic carbocycles. The Morgan fingerprint density at radius 2 is 1.89 bits per heavy atom. The van der Waals surface area contributed by atoms with Gasteiger partial charge in [-0.2, -0.15) is 0 Å². The van der Waals surface area contributed by atoms with Crippen molar-refractivity contribution in [1.82, 2.24) is 5.32 Å². The van der Waals surface area contributed by atoms with Crippen molar-refractivity contribution < 1.29 is 4.79 Å². The number of amides is 1. The molecule has 0 spiro atoms. The van der Waals surface area contributed by atoms with Crippen molar-refractivity contribution in [2.75, 3.05) is 0 Å². The molecule has 3 heteroatoms. The fraction of sp³-hybridized carbons (Fsp3) is 0.533. The van der Waals surface area contributed by atoms with Crippen molar-refractivity contribution in [2.24, 2.45) is 11.7 Å². The third-order valence-electron chi connectivity index (χ3n) is 3.54. The highest BCUT2D eigenvalue weighted by Gasteiger charge is 2.27. The van der Waals surface area contributed by atoms with Gasteiger partial charge < -0.3 is 11.1 Å². The zero-order chi connectivity index (χ0) is 13.1. The minimum atomic E-state index is 0.0953. The molecule has 0 fully saturated rings. The first-order chi connectivity index (χ1) is 8.56. The average Bonchev–Trinajstić information content (AvgIpc) is 2.71. The van der Waals surface area contributed by atoms with E-state index < -0.39 is 0 Å². The van der Waals surface area contributed by atoms with Crippen LogP contribution in [0.25, 0.3) is 0 Å². The number of carbonyl (C=O) groups excluding carboxylic acids is 1. The van der Waals surface area contributed by atoms with E-state index in [2.05, 4.69) is 17.4 Å².